The van der Waals surface area contributed by atoms with E-state index in [0.717, 1.165) is 41.5 Å². The number of nitrogens with one attached hydrogen (secondary N) is 4. The minimum absolute atomic E-state index is 0.00877. The standard InChI is InChI=1S/C27H41N5S/c1-9-18(15-21(28)11-3)20-12-13-23(19(10-2)14-20)24(29)33-25(30)32(8)22-16-26(4,5)31-27(6,7)17-22/h9,12-15,22,28-31H,1,10-11,16-17H2,2-8H3/b18-15+,28-21?,29-24?,30-25?. The number of nitrogens with zero attached hydrogens (tertiary/aromatic N) is 1. The zero-order chi connectivity index (χ0) is 25.0. The smallest absolute Gasteiger partial charge is 0.162 e. The molecule has 1 fully saturated rings. The molecule has 33 heavy (non-hydrogen) atoms. The summed E-state index contributed by atoms with van der Waals surface area (Å²) in [6, 6.07) is 6.31. The zero-order valence-electron chi connectivity index (χ0n) is 21.4. The van der Waals surface area contributed by atoms with E-state index >= 15 is 0 Å². The van der Waals surface area contributed by atoms with Gasteiger partial charge in [-0.3, -0.25) is 10.8 Å². The topological polar surface area (TPSA) is 86.8 Å². The van der Waals surface area contributed by atoms with Crippen LogP contribution in [0.1, 0.15) is 77.5 Å². The molecular formula is C27H41N5S. The van der Waals surface area contributed by atoms with Crippen LogP contribution < -0.4 is 5.32 Å². The first-order chi connectivity index (χ1) is 15.3. The Balaban J connectivity index is 2.20. The first-order valence-corrected chi connectivity index (χ1v) is 12.6. The van der Waals surface area contributed by atoms with Gasteiger partial charge in [0.15, 0.2) is 5.17 Å². The van der Waals surface area contributed by atoms with E-state index in [-0.39, 0.29) is 17.1 Å². The molecule has 5 nitrogen and oxygen atoms in total. The number of amidine groups is 1. The highest BCUT2D eigenvalue weighted by Gasteiger charge is 2.39. The molecule has 0 radical (unpaired) electrons. The first-order valence-electron chi connectivity index (χ1n) is 11.7. The van der Waals surface area contributed by atoms with E-state index in [1.165, 1.54) is 11.8 Å². The molecule has 0 amide bonds. The summed E-state index contributed by atoms with van der Waals surface area (Å²) in [6.45, 7) is 16.8. The fourth-order valence-electron chi connectivity index (χ4n) is 4.77. The molecule has 0 unspecified atom stereocenters. The van der Waals surface area contributed by atoms with E-state index in [1.54, 1.807) is 6.08 Å². The normalized spacial score (nSPS) is 18.0. The van der Waals surface area contributed by atoms with E-state index in [0.29, 0.717) is 22.3 Å². The van der Waals surface area contributed by atoms with Crippen molar-refractivity contribution >= 4 is 33.3 Å². The number of benzene rings is 1. The Kier molecular flexibility index (Phi) is 8.88. The number of hydrogen-bond donors (Lipinski definition) is 4. The first kappa shape index (κ1) is 27.1. The van der Waals surface area contributed by atoms with Crippen molar-refractivity contribution in [2.24, 2.45) is 0 Å². The van der Waals surface area contributed by atoms with E-state index in [9.17, 15) is 0 Å². The molecule has 0 aromatic heterocycles. The summed E-state index contributed by atoms with van der Waals surface area (Å²) in [5.74, 6) is 0. The lowest BCUT2D eigenvalue weighted by Crippen LogP contribution is -2.62. The molecule has 0 atom stereocenters. The van der Waals surface area contributed by atoms with Gasteiger partial charge in [-0.1, -0.05) is 44.7 Å². The van der Waals surface area contributed by atoms with Crippen molar-refractivity contribution in [1.82, 2.24) is 10.2 Å². The Labute approximate surface area is 204 Å². The number of hydrogen-bond acceptors (Lipinski definition) is 5. The van der Waals surface area contributed by atoms with Crippen molar-refractivity contribution in [2.45, 2.75) is 84.3 Å². The molecule has 180 valence electrons. The summed E-state index contributed by atoms with van der Waals surface area (Å²) in [5, 5.41) is 30.0. The SMILES string of the molecule is C=C/C(=C\C(=N)CC)c1ccc(C(=N)SC(=N)N(C)C2CC(C)(C)NC(C)(C)C2)c(CC)c1. The summed E-state index contributed by atoms with van der Waals surface area (Å²) in [5.41, 5.74) is 4.45. The molecule has 0 bridgehead atoms. The van der Waals surface area contributed by atoms with Crippen LogP contribution in [0.25, 0.3) is 5.57 Å². The highest BCUT2D eigenvalue weighted by atomic mass is 32.2. The van der Waals surface area contributed by atoms with Gasteiger partial charge in [0.1, 0.15) is 5.04 Å². The number of allylic oxidation sites excluding steroid dienone is 3. The molecule has 0 saturated carbocycles. The second-order valence-electron chi connectivity index (χ2n) is 10.2. The van der Waals surface area contributed by atoms with Crippen LogP contribution in [0, 0.1) is 16.2 Å². The fourth-order valence-corrected chi connectivity index (χ4v) is 5.56. The molecule has 6 heteroatoms. The highest BCUT2D eigenvalue weighted by Crippen LogP contribution is 2.32. The van der Waals surface area contributed by atoms with Crippen molar-refractivity contribution in [1.29, 1.82) is 16.2 Å². The maximum atomic E-state index is 8.75. The van der Waals surface area contributed by atoms with Crippen molar-refractivity contribution in [3.05, 3.63) is 53.6 Å². The van der Waals surface area contributed by atoms with Crippen LogP contribution in [0.5, 0.6) is 0 Å². The molecular weight excluding hydrogens is 426 g/mol. The summed E-state index contributed by atoms with van der Waals surface area (Å²) in [4.78, 5) is 2.04. The van der Waals surface area contributed by atoms with E-state index in [2.05, 4.69) is 52.6 Å². The van der Waals surface area contributed by atoms with E-state index in [4.69, 9.17) is 16.2 Å². The summed E-state index contributed by atoms with van der Waals surface area (Å²) in [6.07, 6.45) is 7.03. The van der Waals surface area contributed by atoms with Gasteiger partial charge in [-0.2, -0.15) is 0 Å². The average Bonchev–Trinajstić information content (AvgIpc) is 2.73. The minimum Gasteiger partial charge on any atom is -0.351 e. The van der Waals surface area contributed by atoms with Gasteiger partial charge in [-0.25, -0.2) is 0 Å². The van der Waals surface area contributed by atoms with E-state index < -0.39 is 0 Å². The van der Waals surface area contributed by atoms with Crippen LogP contribution in [0.4, 0.5) is 0 Å². The third-order valence-corrected chi connectivity index (χ3v) is 7.14. The van der Waals surface area contributed by atoms with Gasteiger partial charge in [-0.05, 0) is 87.9 Å². The molecule has 1 aromatic rings. The van der Waals surface area contributed by atoms with Gasteiger partial charge < -0.3 is 15.6 Å². The van der Waals surface area contributed by atoms with Crippen molar-refractivity contribution in [3.63, 3.8) is 0 Å². The quantitative estimate of drug-likeness (QED) is 0.210. The van der Waals surface area contributed by atoms with E-state index in [1.807, 2.05) is 37.1 Å². The number of thioether (sulfide) groups is 1. The van der Waals surface area contributed by atoms with Gasteiger partial charge in [0.05, 0.1) is 0 Å². The lowest BCUT2D eigenvalue weighted by atomic mass is 9.79. The summed E-state index contributed by atoms with van der Waals surface area (Å²) in [7, 11) is 1.98. The van der Waals surface area contributed by atoms with Crippen molar-refractivity contribution in [2.75, 3.05) is 7.05 Å². The third-order valence-electron chi connectivity index (χ3n) is 6.23. The Morgan fingerprint density at radius 3 is 2.27 bits per heavy atom. The van der Waals surface area contributed by atoms with Crippen molar-refractivity contribution in [3.8, 4) is 0 Å². The molecule has 1 saturated heterocycles. The van der Waals surface area contributed by atoms with Crippen LogP contribution in [-0.4, -0.2) is 45.0 Å². The van der Waals surface area contributed by atoms with Crippen LogP contribution >= 0.6 is 11.8 Å². The molecule has 4 N–H and O–H groups in total. The number of rotatable bonds is 7. The van der Waals surface area contributed by atoms with Gasteiger partial charge in [-0.15, -0.1) is 0 Å². The van der Waals surface area contributed by atoms with Crippen molar-refractivity contribution < 1.29 is 0 Å². The zero-order valence-corrected chi connectivity index (χ0v) is 22.2. The predicted molar refractivity (Wildman–Crippen MR) is 146 cm³/mol. The van der Waals surface area contributed by atoms with Crippen LogP contribution in [-0.2, 0) is 6.42 Å². The Hall–Kier alpha value is -2.18. The maximum absolute atomic E-state index is 8.75. The summed E-state index contributed by atoms with van der Waals surface area (Å²) < 4.78 is 0. The number of piperidine rings is 1. The molecule has 1 heterocycles. The maximum Gasteiger partial charge on any atom is 0.162 e. The fraction of sp³-hybridized carbons (Fsp3) is 0.519. The molecule has 0 spiro atoms. The molecule has 0 aliphatic carbocycles. The monoisotopic (exact) mass is 467 g/mol. The number of aryl methyl sites for hydroxylation is 1. The second kappa shape index (κ2) is 10.8. The van der Waals surface area contributed by atoms with Crippen LogP contribution in [0.15, 0.2) is 36.9 Å². The Morgan fingerprint density at radius 1 is 1.15 bits per heavy atom. The lowest BCUT2D eigenvalue weighted by Gasteiger charge is -2.49. The Morgan fingerprint density at radius 2 is 1.76 bits per heavy atom. The predicted octanol–water partition coefficient (Wildman–Crippen LogP) is 6.48. The highest BCUT2D eigenvalue weighted by molar-refractivity contribution is 8.26. The lowest BCUT2D eigenvalue weighted by molar-refractivity contribution is 0.114. The van der Waals surface area contributed by atoms with Gasteiger partial charge in [0.2, 0.25) is 0 Å². The Bertz CT molecular complexity index is 941. The van der Waals surface area contributed by atoms with Crippen LogP contribution in [0.2, 0.25) is 0 Å². The molecule has 2 rings (SSSR count). The largest absolute Gasteiger partial charge is 0.351 e. The summed E-state index contributed by atoms with van der Waals surface area (Å²) >= 11 is 1.22. The molecule has 1 aliphatic rings. The third kappa shape index (κ3) is 7.15. The van der Waals surface area contributed by atoms with Gasteiger partial charge in [0, 0.05) is 35.4 Å². The molecule has 1 aromatic carbocycles. The van der Waals surface area contributed by atoms with Crippen LogP contribution in [0.3, 0.4) is 0 Å². The molecule has 1 aliphatic heterocycles. The second-order valence-corrected chi connectivity index (χ2v) is 11.2. The van der Waals surface area contributed by atoms with Gasteiger partial charge in [0.25, 0.3) is 0 Å². The van der Waals surface area contributed by atoms with Gasteiger partial charge >= 0.3 is 0 Å². The minimum atomic E-state index is 0.00877. The average molecular weight is 468 g/mol.